The molecule has 18 nitrogen and oxygen atoms in total. The molecule has 0 spiro atoms. The molecular formula is C69H79N5O13. The number of fused-ring (bicyclic) bond motifs is 8. The van der Waals surface area contributed by atoms with Crippen molar-refractivity contribution in [3.8, 4) is 23.0 Å². The zero-order chi connectivity index (χ0) is 62.9. The maximum Gasteiger partial charge on any atom is 0.311 e. The Labute approximate surface area is 507 Å². The van der Waals surface area contributed by atoms with E-state index in [0.717, 1.165) is 75.7 Å². The summed E-state index contributed by atoms with van der Waals surface area (Å²) < 4.78 is 26.4. The summed E-state index contributed by atoms with van der Waals surface area (Å²) in [4.78, 5) is 109. The molecule has 18 heteroatoms. The number of aromatic nitrogens is 4. The van der Waals surface area contributed by atoms with Gasteiger partial charge in [-0.15, -0.1) is 0 Å². The molecule has 2 aliphatic rings. The molecule has 3 aromatic heterocycles. The fourth-order valence-corrected chi connectivity index (χ4v) is 11.0. The van der Waals surface area contributed by atoms with Crippen molar-refractivity contribution in [1.29, 1.82) is 0 Å². The number of aromatic amines is 2. The number of unbranched alkanes of at least 4 members (excludes halogenated alkanes) is 4. The van der Waals surface area contributed by atoms with E-state index in [-0.39, 0.29) is 84.6 Å². The Balaban J connectivity index is 0.944. The lowest BCUT2D eigenvalue weighted by atomic mass is 9.84. The number of nitrogens with one attached hydrogen (secondary N) is 3. The third-order valence-electron chi connectivity index (χ3n) is 16.0. The van der Waals surface area contributed by atoms with Crippen LogP contribution in [0.3, 0.4) is 0 Å². The van der Waals surface area contributed by atoms with Crippen molar-refractivity contribution in [2.45, 2.75) is 136 Å². The molecule has 458 valence electrons. The van der Waals surface area contributed by atoms with E-state index in [1.807, 2.05) is 39.0 Å². The maximum absolute atomic E-state index is 14.7. The third kappa shape index (κ3) is 16.6. The molecule has 4 N–H and O–H groups in total. The number of Topliss-reactive ketones (excluding diaryl/α,β-unsaturated/α-hetero) is 1. The van der Waals surface area contributed by atoms with Crippen LogP contribution in [0.25, 0.3) is 51.4 Å². The van der Waals surface area contributed by atoms with Gasteiger partial charge < -0.3 is 44.1 Å². The molecule has 87 heavy (non-hydrogen) atoms. The van der Waals surface area contributed by atoms with Gasteiger partial charge in [0.2, 0.25) is 0 Å². The van der Waals surface area contributed by atoms with Crippen LogP contribution in [0.4, 0.5) is 0 Å². The highest BCUT2D eigenvalue weighted by Gasteiger charge is 2.36. The number of aromatic hydroxyl groups is 1. The second-order valence-corrected chi connectivity index (χ2v) is 21.8. The summed E-state index contributed by atoms with van der Waals surface area (Å²) in [5.41, 5.74) is 12.3. The summed E-state index contributed by atoms with van der Waals surface area (Å²) in [5, 5.41) is 12.9. The highest BCUT2D eigenvalue weighted by atomic mass is 16.6. The highest BCUT2D eigenvalue weighted by molar-refractivity contribution is 6.27. The molecule has 0 saturated heterocycles. The molecule has 0 radical (unpaired) electrons. The number of phenols is 1. The number of ether oxygens (including phenoxy) is 5. The van der Waals surface area contributed by atoms with Gasteiger partial charge in [-0.1, -0.05) is 70.0 Å². The van der Waals surface area contributed by atoms with Crippen molar-refractivity contribution in [2.24, 2.45) is 0 Å². The Bertz CT molecular complexity index is 3730. The molecule has 8 bridgehead atoms. The van der Waals surface area contributed by atoms with Crippen molar-refractivity contribution in [3.05, 3.63) is 135 Å². The molecular weight excluding hydrogens is 1110 g/mol. The smallest absolute Gasteiger partial charge is 0.311 e. The Morgan fingerprint density at radius 3 is 1.99 bits per heavy atom. The van der Waals surface area contributed by atoms with E-state index in [1.165, 1.54) is 58.8 Å². The summed E-state index contributed by atoms with van der Waals surface area (Å²) >= 11 is 0. The van der Waals surface area contributed by atoms with E-state index in [0.29, 0.717) is 83.6 Å². The van der Waals surface area contributed by atoms with Crippen molar-refractivity contribution in [1.82, 2.24) is 25.3 Å². The first-order chi connectivity index (χ1) is 41.8. The lowest BCUT2D eigenvalue weighted by Crippen LogP contribution is -2.26. The van der Waals surface area contributed by atoms with E-state index in [1.54, 1.807) is 30.3 Å². The van der Waals surface area contributed by atoms with Crippen molar-refractivity contribution < 1.29 is 62.4 Å². The number of amides is 1. The van der Waals surface area contributed by atoms with E-state index in [4.69, 9.17) is 33.7 Å². The summed E-state index contributed by atoms with van der Waals surface area (Å²) in [6.45, 7) is 14.6. The van der Waals surface area contributed by atoms with Gasteiger partial charge in [0.1, 0.15) is 5.78 Å². The van der Waals surface area contributed by atoms with Gasteiger partial charge in [0.25, 0.3) is 5.91 Å². The minimum absolute atomic E-state index is 0.0214. The number of carbonyl (C=O) groups excluding carboxylic acids is 7. The summed E-state index contributed by atoms with van der Waals surface area (Å²) in [5.74, 6) is -2.45. The summed E-state index contributed by atoms with van der Waals surface area (Å²) in [6, 6.07) is 15.5. The topological polar surface area (TPSA) is 255 Å². The molecule has 2 atom stereocenters. The molecule has 0 saturated carbocycles. The number of aryl methyl sites for hydroxylation is 3. The maximum atomic E-state index is 14.7. The van der Waals surface area contributed by atoms with Gasteiger partial charge in [0.05, 0.1) is 63.9 Å². The van der Waals surface area contributed by atoms with E-state index < -0.39 is 23.5 Å². The van der Waals surface area contributed by atoms with Gasteiger partial charge in [-0.2, -0.15) is 0 Å². The van der Waals surface area contributed by atoms with E-state index >= 15 is 0 Å². The second kappa shape index (κ2) is 30.8. The molecule has 0 aliphatic carbocycles. The molecule has 5 heterocycles. The normalized spacial score (nSPS) is 13.9. The van der Waals surface area contributed by atoms with E-state index in [9.17, 15) is 38.7 Å². The number of phenolic OH excluding ortho intramolecular Hbond substituents is 1. The number of esters is 3. The quantitative estimate of drug-likeness (QED) is 0.0114. The van der Waals surface area contributed by atoms with Gasteiger partial charge >= 0.3 is 17.9 Å². The molecule has 5 aromatic rings. The number of benzene rings is 2. The minimum atomic E-state index is -0.536. The van der Waals surface area contributed by atoms with Crippen molar-refractivity contribution in [3.63, 3.8) is 0 Å². The Hall–Kier alpha value is -9.19. The predicted octanol–water partition coefficient (Wildman–Crippen LogP) is 12.4. The second-order valence-electron chi connectivity index (χ2n) is 21.8. The van der Waals surface area contributed by atoms with Gasteiger partial charge in [0, 0.05) is 83.0 Å². The molecule has 1 amide bonds. The summed E-state index contributed by atoms with van der Waals surface area (Å²) in [6.07, 6.45) is 12.8. The lowest BCUT2D eigenvalue weighted by molar-refractivity contribution is -0.141. The fraction of sp³-hybridized carbons (Fsp3) is 0.377. The van der Waals surface area contributed by atoms with Gasteiger partial charge in [-0.25, -0.2) is 4.98 Å². The van der Waals surface area contributed by atoms with Crippen LogP contribution in [0.2, 0.25) is 0 Å². The van der Waals surface area contributed by atoms with Crippen LogP contribution >= 0.6 is 0 Å². The largest absolute Gasteiger partial charge is 0.504 e. The summed E-state index contributed by atoms with van der Waals surface area (Å²) in [7, 11) is 5.51. The van der Waals surface area contributed by atoms with Crippen LogP contribution in [-0.2, 0) is 55.9 Å². The van der Waals surface area contributed by atoms with Gasteiger partial charge in [-0.05, 0) is 141 Å². The highest BCUT2D eigenvalue weighted by Crippen LogP contribution is 2.44. The van der Waals surface area contributed by atoms with Crippen LogP contribution in [0, 0.1) is 13.8 Å². The first-order valence-corrected chi connectivity index (χ1v) is 29.5. The average Bonchev–Trinajstić information content (AvgIpc) is 1.68. The number of allylic oxidation sites excluding steroid dienone is 3. The number of hydrogen-bond acceptors (Lipinski definition) is 15. The van der Waals surface area contributed by atoms with E-state index in [2.05, 4.69) is 41.8 Å². The predicted molar refractivity (Wildman–Crippen MR) is 336 cm³/mol. The zero-order valence-corrected chi connectivity index (χ0v) is 51.3. The molecule has 2 aliphatic heterocycles. The SMILES string of the molecule is C=Cc1c(C)c2cc3nc(c(CC(=O)OC)c4nc(cc5[nH]c(cc1[nH]2)c(C)c5CC)C(C)=C4C(=O)NCCCCCCCC(=O)CCCC(=O)Oc1ccc(/C=C/C(=O)CC(=O)/C=C/c2ccc(O)c(OC)c2)cc1OC)C(CCC(=O)OC)C3C. The number of H-pyrrole nitrogens is 2. The molecule has 0 fully saturated rings. The van der Waals surface area contributed by atoms with Crippen LogP contribution in [0.1, 0.15) is 171 Å². The van der Waals surface area contributed by atoms with Crippen molar-refractivity contribution in [2.75, 3.05) is 35.0 Å². The Morgan fingerprint density at radius 2 is 1.31 bits per heavy atom. The number of carbonyl (C=O) groups is 7. The number of nitrogens with zero attached hydrogens (tertiary/aromatic N) is 2. The Kier molecular flexibility index (Phi) is 23.1. The first-order valence-electron chi connectivity index (χ1n) is 29.5. The monoisotopic (exact) mass is 1190 g/mol. The number of methoxy groups -OCH3 is 4. The first kappa shape index (κ1) is 65.4. The van der Waals surface area contributed by atoms with Crippen molar-refractivity contribution >= 4 is 92.6 Å². The van der Waals surface area contributed by atoms with Gasteiger partial charge in [-0.3, -0.25) is 38.5 Å². The van der Waals surface area contributed by atoms with Crippen LogP contribution in [-0.4, -0.2) is 101 Å². The zero-order valence-electron chi connectivity index (χ0n) is 51.3. The van der Waals surface area contributed by atoms with Gasteiger partial charge in [0.15, 0.2) is 34.6 Å². The standard InChI is InChI=1S/C69H79N5O13/c1-11-49-40(3)53-37-55-42(5)51(28-31-63(79)85-9)67(73-55)52(36-65(81)86-10)68-66(43(6)56(74-68)39-58-50(12-2)41(4)54(72-58)38-57(49)71-53)69(82)70-32-17-15-13-14-16-19-46(75)20-18-21-64(80)87-60-30-25-45(34-62(60)84-8)23-27-48(77)35-47(76)26-22-44-24-29-59(78)61(33-44)83-7/h11,22-27,29-30,33-34,37-39,42,51,71-72,78H,1,12-21,28,31-32,35-36H2,2-10H3,(H,70,82)/b26-22+,27-23+,53-37?,54-38?,55-37?,56-39?,57-38?,58-39?,67-52?,68-52?. The van der Waals surface area contributed by atoms with Crippen LogP contribution < -0.4 is 19.5 Å². The fourth-order valence-electron chi connectivity index (χ4n) is 11.0. The van der Waals surface area contributed by atoms with Crippen LogP contribution in [0.15, 0.2) is 73.3 Å². The number of rotatable bonds is 29. The lowest BCUT2D eigenvalue weighted by Gasteiger charge is -2.18. The van der Waals surface area contributed by atoms with Crippen LogP contribution in [0.5, 0.6) is 23.0 Å². The molecule has 2 aromatic carbocycles. The third-order valence-corrected chi connectivity index (χ3v) is 16.0. The minimum Gasteiger partial charge on any atom is -0.504 e. The molecule has 7 rings (SSSR count). The Morgan fingerprint density at radius 1 is 0.667 bits per heavy atom. The average molecular weight is 1190 g/mol. The number of hydrogen-bond donors (Lipinski definition) is 4. The number of ketones is 3. The molecule has 2 unspecified atom stereocenters.